The van der Waals surface area contributed by atoms with Gasteiger partial charge in [-0.15, -0.1) is 0 Å². The van der Waals surface area contributed by atoms with Crippen molar-refractivity contribution in [2.45, 2.75) is 57.6 Å². The molecular weight excluding hydrogens is 276 g/mol. The van der Waals surface area contributed by atoms with Gasteiger partial charge in [0.25, 0.3) is 10.0 Å². The molecule has 0 bridgehead atoms. The van der Waals surface area contributed by atoms with Gasteiger partial charge in [-0.2, -0.15) is 9.40 Å². The number of aromatic nitrogens is 2. The second-order valence-corrected chi connectivity index (χ2v) is 6.83. The van der Waals surface area contributed by atoms with E-state index in [1.54, 1.807) is 13.2 Å². The minimum atomic E-state index is -3.51. The van der Waals surface area contributed by atoms with Crippen molar-refractivity contribution in [3.05, 3.63) is 11.8 Å². The Hall–Kier alpha value is -0.920. The number of nitrogens with zero attached hydrogens (tertiary/aromatic N) is 2. The molecule has 0 aliphatic rings. The van der Waals surface area contributed by atoms with Crippen molar-refractivity contribution in [3.63, 3.8) is 0 Å². The van der Waals surface area contributed by atoms with E-state index in [1.165, 1.54) is 4.31 Å². The van der Waals surface area contributed by atoms with E-state index < -0.39 is 10.0 Å². The summed E-state index contributed by atoms with van der Waals surface area (Å²) >= 11 is 0. The highest BCUT2D eigenvalue weighted by Gasteiger charge is 2.29. The second-order valence-electron chi connectivity index (χ2n) is 4.89. The van der Waals surface area contributed by atoms with Crippen LogP contribution in [-0.4, -0.2) is 42.6 Å². The maximum Gasteiger partial charge on any atom is 0.260 e. The summed E-state index contributed by atoms with van der Waals surface area (Å²) in [7, 11) is -1.88. The van der Waals surface area contributed by atoms with Crippen LogP contribution in [0.3, 0.4) is 0 Å². The molecule has 0 aliphatic heterocycles. The molecule has 6 nitrogen and oxygen atoms in total. The standard InChI is InChI=1S/C13H26N4O2S/c1-5-8-14-9-11-10-15-16-13(11)20(18,19)17(4)12(6-2)7-3/h10,12,14H,5-9H2,1-4H3,(H,15,16). The lowest BCUT2D eigenvalue weighted by Crippen LogP contribution is -2.37. The van der Waals surface area contributed by atoms with Crippen molar-refractivity contribution in [2.24, 2.45) is 0 Å². The van der Waals surface area contributed by atoms with Gasteiger partial charge in [0.2, 0.25) is 0 Å². The summed E-state index contributed by atoms with van der Waals surface area (Å²) in [6.07, 6.45) is 4.18. The van der Waals surface area contributed by atoms with Gasteiger partial charge < -0.3 is 5.32 Å². The summed E-state index contributed by atoms with van der Waals surface area (Å²) in [4.78, 5) is 0. The molecule has 1 rings (SSSR count). The van der Waals surface area contributed by atoms with Crippen LogP contribution in [0.2, 0.25) is 0 Å². The highest BCUT2D eigenvalue weighted by Crippen LogP contribution is 2.20. The largest absolute Gasteiger partial charge is 0.313 e. The molecule has 1 aromatic heterocycles. The number of aromatic amines is 1. The van der Waals surface area contributed by atoms with Gasteiger partial charge in [-0.05, 0) is 25.8 Å². The van der Waals surface area contributed by atoms with Gasteiger partial charge in [0, 0.05) is 25.2 Å². The van der Waals surface area contributed by atoms with Gasteiger partial charge in [0.15, 0.2) is 5.03 Å². The summed E-state index contributed by atoms with van der Waals surface area (Å²) in [6.45, 7) is 7.43. The van der Waals surface area contributed by atoms with Crippen LogP contribution in [-0.2, 0) is 16.6 Å². The van der Waals surface area contributed by atoms with E-state index in [0.717, 1.165) is 25.8 Å². The number of hydrogen-bond acceptors (Lipinski definition) is 4. The Morgan fingerprint density at radius 3 is 2.55 bits per heavy atom. The molecule has 0 aliphatic carbocycles. The summed E-state index contributed by atoms with van der Waals surface area (Å²) < 4.78 is 26.7. The lowest BCUT2D eigenvalue weighted by molar-refractivity contribution is 0.348. The molecule has 0 fully saturated rings. The molecule has 0 amide bonds. The first kappa shape index (κ1) is 17.1. The third kappa shape index (κ3) is 3.80. The van der Waals surface area contributed by atoms with Crippen molar-refractivity contribution in [2.75, 3.05) is 13.6 Å². The summed E-state index contributed by atoms with van der Waals surface area (Å²) in [5.41, 5.74) is 0.691. The Labute approximate surface area is 122 Å². The first-order valence-corrected chi connectivity index (χ1v) is 8.63. The first-order valence-electron chi connectivity index (χ1n) is 7.19. The van der Waals surface area contributed by atoms with E-state index in [1.807, 2.05) is 13.8 Å². The van der Waals surface area contributed by atoms with E-state index in [4.69, 9.17) is 0 Å². The van der Waals surface area contributed by atoms with Crippen LogP contribution in [0.4, 0.5) is 0 Å². The monoisotopic (exact) mass is 302 g/mol. The molecule has 1 heterocycles. The molecule has 116 valence electrons. The van der Waals surface area contributed by atoms with Gasteiger partial charge in [-0.25, -0.2) is 8.42 Å². The molecule has 20 heavy (non-hydrogen) atoms. The van der Waals surface area contributed by atoms with Crippen LogP contribution < -0.4 is 5.32 Å². The van der Waals surface area contributed by atoms with Crippen LogP contribution in [0.25, 0.3) is 0 Å². The molecule has 2 N–H and O–H groups in total. The van der Waals surface area contributed by atoms with Crippen molar-refractivity contribution in [1.82, 2.24) is 19.8 Å². The van der Waals surface area contributed by atoms with Gasteiger partial charge in [-0.3, -0.25) is 5.10 Å². The van der Waals surface area contributed by atoms with Crippen molar-refractivity contribution >= 4 is 10.0 Å². The number of nitrogens with one attached hydrogen (secondary N) is 2. The maximum absolute atomic E-state index is 12.6. The lowest BCUT2D eigenvalue weighted by Gasteiger charge is -2.25. The third-order valence-corrected chi connectivity index (χ3v) is 5.44. The van der Waals surface area contributed by atoms with E-state index in [-0.39, 0.29) is 11.1 Å². The van der Waals surface area contributed by atoms with E-state index >= 15 is 0 Å². The zero-order valence-electron chi connectivity index (χ0n) is 12.8. The molecule has 0 saturated carbocycles. The highest BCUT2D eigenvalue weighted by molar-refractivity contribution is 7.89. The number of sulfonamides is 1. The van der Waals surface area contributed by atoms with Crippen molar-refractivity contribution in [1.29, 1.82) is 0 Å². The highest BCUT2D eigenvalue weighted by atomic mass is 32.2. The fourth-order valence-corrected chi connectivity index (χ4v) is 3.79. The third-order valence-electron chi connectivity index (χ3n) is 3.51. The number of hydrogen-bond donors (Lipinski definition) is 2. The smallest absolute Gasteiger partial charge is 0.260 e. The molecule has 0 radical (unpaired) electrons. The minimum absolute atomic E-state index is 0.0137. The summed E-state index contributed by atoms with van der Waals surface area (Å²) in [6, 6.07) is 0.0137. The zero-order valence-corrected chi connectivity index (χ0v) is 13.6. The molecule has 0 saturated heterocycles. The Bertz CT molecular complexity index is 494. The maximum atomic E-state index is 12.6. The molecule has 0 spiro atoms. The molecule has 0 unspecified atom stereocenters. The average Bonchev–Trinajstić information content (AvgIpc) is 2.89. The fraction of sp³-hybridized carbons (Fsp3) is 0.769. The fourth-order valence-electron chi connectivity index (χ4n) is 2.19. The van der Waals surface area contributed by atoms with Crippen LogP contribution in [0.1, 0.15) is 45.6 Å². The van der Waals surface area contributed by atoms with Gasteiger partial charge in [0.05, 0.1) is 6.20 Å². The molecular formula is C13H26N4O2S. The van der Waals surface area contributed by atoms with Crippen LogP contribution in [0.5, 0.6) is 0 Å². The Morgan fingerprint density at radius 1 is 1.35 bits per heavy atom. The van der Waals surface area contributed by atoms with Gasteiger partial charge >= 0.3 is 0 Å². The van der Waals surface area contributed by atoms with E-state index in [9.17, 15) is 8.42 Å². The predicted octanol–water partition coefficient (Wildman–Crippen LogP) is 1.72. The number of H-pyrrole nitrogens is 1. The number of rotatable bonds is 9. The van der Waals surface area contributed by atoms with Crippen LogP contribution >= 0.6 is 0 Å². The van der Waals surface area contributed by atoms with Gasteiger partial charge in [0.1, 0.15) is 0 Å². The quantitative estimate of drug-likeness (QED) is 0.681. The van der Waals surface area contributed by atoms with Crippen molar-refractivity contribution in [3.8, 4) is 0 Å². The lowest BCUT2D eigenvalue weighted by atomic mass is 10.2. The van der Waals surface area contributed by atoms with Crippen LogP contribution in [0.15, 0.2) is 11.2 Å². The first-order chi connectivity index (χ1) is 9.48. The molecule has 7 heteroatoms. The second kappa shape index (κ2) is 7.75. The Balaban J connectivity index is 2.95. The van der Waals surface area contributed by atoms with Crippen LogP contribution in [0, 0.1) is 0 Å². The minimum Gasteiger partial charge on any atom is -0.313 e. The average molecular weight is 302 g/mol. The normalized spacial score (nSPS) is 12.5. The Kier molecular flexibility index (Phi) is 6.64. The van der Waals surface area contributed by atoms with E-state index in [0.29, 0.717) is 12.1 Å². The van der Waals surface area contributed by atoms with Crippen molar-refractivity contribution < 1.29 is 8.42 Å². The van der Waals surface area contributed by atoms with Gasteiger partial charge in [-0.1, -0.05) is 20.8 Å². The SMILES string of the molecule is CCCNCc1cn[nH]c1S(=O)(=O)N(C)C(CC)CC. The Morgan fingerprint density at radius 2 is 2.00 bits per heavy atom. The molecule has 0 atom stereocenters. The topological polar surface area (TPSA) is 78.1 Å². The molecule has 1 aromatic rings. The zero-order chi connectivity index (χ0) is 15.2. The molecule has 0 aromatic carbocycles. The predicted molar refractivity (Wildman–Crippen MR) is 79.9 cm³/mol. The van der Waals surface area contributed by atoms with E-state index in [2.05, 4.69) is 22.4 Å². The summed E-state index contributed by atoms with van der Waals surface area (Å²) in [5, 5.41) is 9.93. The summed E-state index contributed by atoms with van der Waals surface area (Å²) in [5.74, 6) is 0.